The van der Waals surface area contributed by atoms with Gasteiger partial charge in [0.1, 0.15) is 0 Å². The maximum atomic E-state index is 5.46. The SMILES string of the molecule is CCC(CCCCCCN)CCSC. The van der Waals surface area contributed by atoms with Crippen LogP contribution in [0.15, 0.2) is 0 Å². The number of hydrogen-bond acceptors (Lipinski definition) is 2. The zero-order valence-corrected chi connectivity index (χ0v) is 10.7. The lowest BCUT2D eigenvalue weighted by Crippen LogP contribution is -2.01. The van der Waals surface area contributed by atoms with E-state index in [9.17, 15) is 0 Å². The van der Waals surface area contributed by atoms with Gasteiger partial charge in [-0.05, 0) is 37.3 Å². The number of hydrogen-bond donors (Lipinski definition) is 1. The molecule has 0 spiro atoms. The second-order valence-electron chi connectivity index (χ2n) is 4.05. The Morgan fingerprint density at radius 2 is 1.79 bits per heavy atom. The average molecular weight is 217 g/mol. The quantitative estimate of drug-likeness (QED) is 0.565. The monoisotopic (exact) mass is 217 g/mol. The molecule has 0 bridgehead atoms. The molecule has 0 heterocycles. The zero-order valence-electron chi connectivity index (χ0n) is 9.93. The molecule has 2 N–H and O–H groups in total. The van der Waals surface area contributed by atoms with E-state index in [1.54, 1.807) is 0 Å². The Kier molecular flexibility index (Phi) is 11.6. The molecule has 0 radical (unpaired) electrons. The predicted octanol–water partition coefficient (Wildman–Crippen LogP) is 3.67. The van der Waals surface area contributed by atoms with Crippen molar-refractivity contribution in [3.8, 4) is 0 Å². The molecule has 1 unspecified atom stereocenters. The van der Waals surface area contributed by atoms with E-state index in [0.717, 1.165) is 12.5 Å². The van der Waals surface area contributed by atoms with Gasteiger partial charge in [0.2, 0.25) is 0 Å². The molecule has 0 amide bonds. The van der Waals surface area contributed by atoms with Crippen molar-refractivity contribution in [2.75, 3.05) is 18.6 Å². The van der Waals surface area contributed by atoms with Crippen LogP contribution in [0.2, 0.25) is 0 Å². The lowest BCUT2D eigenvalue weighted by molar-refractivity contribution is 0.431. The van der Waals surface area contributed by atoms with Crippen molar-refractivity contribution >= 4 is 11.8 Å². The fourth-order valence-electron chi connectivity index (χ4n) is 1.77. The van der Waals surface area contributed by atoms with Crippen LogP contribution in [0.1, 0.15) is 51.9 Å². The third-order valence-electron chi connectivity index (χ3n) is 2.87. The summed E-state index contributed by atoms with van der Waals surface area (Å²) >= 11 is 1.98. The van der Waals surface area contributed by atoms with Crippen molar-refractivity contribution in [2.24, 2.45) is 11.7 Å². The number of unbranched alkanes of at least 4 members (excludes halogenated alkanes) is 3. The first-order chi connectivity index (χ1) is 6.85. The van der Waals surface area contributed by atoms with Crippen molar-refractivity contribution in [1.82, 2.24) is 0 Å². The summed E-state index contributed by atoms with van der Waals surface area (Å²) in [5, 5.41) is 0. The van der Waals surface area contributed by atoms with Gasteiger partial charge in [0.05, 0.1) is 0 Å². The van der Waals surface area contributed by atoms with Crippen LogP contribution in [0.25, 0.3) is 0 Å². The highest BCUT2D eigenvalue weighted by Crippen LogP contribution is 2.19. The van der Waals surface area contributed by atoms with Crippen molar-refractivity contribution in [2.45, 2.75) is 51.9 Å². The van der Waals surface area contributed by atoms with Crippen LogP contribution in [0.4, 0.5) is 0 Å². The Balaban J connectivity index is 3.24. The summed E-state index contributed by atoms with van der Waals surface area (Å²) in [4.78, 5) is 0. The lowest BCUT2D eigenvalue weighted by atomic mass is 9.96. The van der Waals surface area contributed by atoms with Crippen LogP contribution in [-0.4, -0.2) is 18.6 Å². The van der Waals surface area contributed by atoms with E-state index in [1.807, 2.05) is 11.8 Å². The first kappa shape index (κ1) is 14.3. The Bertz CT molecular complexity index is 106. The minimum atomic E-state index is 0.865. The van der Waals surface area contributed by atoms with Gasteiger partial charge in [0.25, 0.3) is 0 Å². The molecule has 0 rings (SSSR count). The van der Waals surface area contributed by atoms with Gasteiger partial charge in [-0.25, -0.2) is 0 Å². The van der Waals surface area contributed by atoms with Crippen molar-refractivity contribution in [3.63, 3.8) is 0 Å². The summed E-state index contributed by atoms with van der Waals surface area (Å²) in [6, 6.07) is 0. The number of thioether (sulfide) groups is 1. The van der Waals surface area contributed by atoms with Gasteiger partial charge in [-0.1, -0.05) is 39.0 Å². The molecule has 0 fully saturated rings. The number of rotatable bonds is 10. The average Bonchev–Trinajstić information content (AvgIpc) is 2.22. The third kappa shape index (κ3) is 8.89. The molecule has 0 aliphatic rings. The van der Waals surface area contributed by atoms with E-state index in [4.69, 9.17) is 5.73 Å². The molecule has 1 nitrogen and oxygen atoms in total. The summed E-state index contributed by atoms with van der Waals surface area (Å²) in [6.07, 6.45) is 11.7. The molecule has 14 heavy (non-hydrogen) atoms. The molecule has 1 atom stereocenters. The predicted molar refractivity (Wildman–Crippen MR) is 68.9 cm³/mol. The van der Waals surface area contributed by atoms with Crippen LogP contribution in [0.5, 0.6) is 0 Å². The lowest BCUT2D eigenvalue weighted by Gasteiger charge is -2.13. The third-order valence-corrected chi connectivity index (χ3v) is 3.52. The molecular weight excluding hydrogens is 190 g/mol. The Hall–Kier alpha value is 0.310. The van der Waals surface area contributed by atoms with Gasteiger partial charge >= 0.3 is 0 Å². The van der Waals surface area contributed by atoms with Gasteiger partial charge in [-0.2, -0.15) is 11.8 Å². The smallest absolute Gasteiger partial charge is 0.00677 e. The van der Waals surface area contributed by atoms with Crippen LogP contribution < -0.4 is 5.73 Å². The van der Waals surface area contributed by atoms with Crippen molar-refractivity contribution in [3.05, 3.63) is 0 Å². The largest absolute Gasteiger partial charge is 0.330 e. The second-order valence-corrected chi connectivity index (χ2v) is 5.03. The molecular formula is C12H27NS. The molecule has 0 aromatic rings. The van der Waals surface area contributed by atoms with E-state index in [1.165, 1.54) is 50.7 Å². The van der Waals surface area contributed by atoms with Gasteiger partial charge in [-0.15, -0.1) is 0 Å². The molecule has 0 aliphatic heterocycles. The second kappa shape index (κ2) is 11.4. The zero-order chi connectivity index (χ0) is 10.6. The summed E-state index contributed by atoms with van der Waals surface area (Å²) < 4.78 is 0. The topological polar surface area (TPSA) is 26.0 Å². The van der Waals surface area contributed by atoms with E-state index in [2.05, 4.69) is 13.2 Å². The van der Waals surface area contributed by atoms with Gasteiger partial charge < -0.3 is 5.73 Å². The molecule has 86 valence electrons. The van der Waals surface area contributed by atoms with Crippen LogP contribution >= 0.6 is 11.8 Å². The molecule has 0 aromatic heterocycles. The summed E-state index contributed by atoms with van der Waals surface area (Å²) in [6.45, 7) is 3.19. The van der Waals surface area contributed by atoms with Gasteiger partial charge in [0.15, 0.2) is 0 Å². The Morgan fingerprint density at radius 3 is 2.36 bits per heavy atom. The van der Waals surface area contributed by atoms with Gasteiger partial charge in [-0.3, -0.25) is 0 Å². The fraction of sp³-hybridized carbons (Fsp3) is 1.00. The first-order valence-electron chi connectivity index (χ1n) is 6.04. The van der Waals surface area contributed by atoms with Gasteiger partial charge in [0, 0.05) is 0 Å². The molecule has 0 saturated heterocycles. The van der Waals surface area contributed by atoms with Crippen LogP contribution in [-0.2, 0) is 0 Å². The molecule has 0 aliphatic carbocycles. The number of nitrogens with two attached hydrogens (primary N) is 1. The van der Waals surface area contributed by atoms with Crippen LogP contribution in [0, 0.1) is 5.92 Å². The van der Waals surface area contributed by atoms with E-state index in [-0.39, 0.29) is 0 Å². The fourth-order valence-corrected chi connectivity index (χ4v) is 2.34. The normalized spacial score (nSPS) is 13.1. The highest BCUT2D eigenvalue weighted by atomic mass is 32.2. The molecule has 2 heteroatoms. The Morgan fingerprint density at radius 1 is 1.07 bits per heavy atom. The van der Waals surface area contributed by atoms with E-state index >= 15 is 0 Å². The maximum Gasteiger partial charge on any atom is -0.00677 e. The minimum absolute atomic E-state index is 0.865. The Labute approximate surface area is 94.2 Å². The highest BCUT2D eigenvalue weighted by Gasteiger charge is 2.04. The molecule has 0 saturated carbocycles. The highest BCUT2D eigenvalue weighted by molar-refractivity contribution is 7.98. The van der Waals surface area contributed by atoms with Crippen molar-refractivity contribution in [1.29, 1.82) is 0 Å². The van der Waals surface area contributed by atoms with Crippen molar-refractivity contribution < 1.29 is 0 Å². The van der Waals surface area contributed by atoms with E-state index < -0.39 is 0 Å². The summed E-state index contributed by atoms with van der Waals surface area (Å²) in [5.74, 6) is 2.31. The minimum Gasteiger partial charge on any atom is -0.330 e. The maximum absolute atomic E-state index is 5.46. The summed E-state index contributed by atoms with van der Waals surface area (Å²) in [5.41, 5.74) is 5.46. The summed E-state index contributed by atoms with van der Waals surface area (Å²) in [7, 11) is 0. The molecule has 0 aromatic carbocycles. The van der Waals surface area contributed by atoms with E-state index in [0.29, 0.717) is 0 Å². The standard InChI is InChI=1S/C12H27NS/c1-3-12(9-11-14-2)8-6-4-5-7-10-13/h12H,3-11,13H2,1-2H3. The first-order valence-corrected chi connectivity index (χ1v) is 7.43. The van der Waals surface area contributed by atoms with Crippen LogP contribution in [0.3, 0.4) is 0 Å².